The number of carbonyl (C=O) groups excluding carboxylic acids is 1. The van der Waals surface area contributed by atoms with Crippen LogP contribution in [0, 0.1) is 17.8 Å². The minimum absolute atomic E-state index is 0.215. The van der Waals surface area contributed by atoms with Gasteiger partial charge in [-0.05, 0) is 24.3 Å². The molecule has 0 aromatic heterocycles. The van der Waals surface area contributed by atoms with E-state index in [-0.39, 0.29) is 5.91 Å². The average molecular weight is 313 g/mol. The summed E-state index contributed by atoms with van der Waals surface area (Å²) >= 11 is 0. The summed E-state index contributed by atoms with van der Waals surface area (Å²) in [6.45, 7) is 0.884. The Labute approximate surface area is 138 Å². The van der Waals surface area contributed by atoms with E-state index < -0.39 is 0 Å². The van der Waals surface area contributed by atoms with Crippen LogP contribution in [0.15, 0.2) is 30.3 Å². The maximum atomic E-state index is 12.4. The zero-order valence-electron chi connectivity index (χ0n) is 13.7. The van der Waals surface area contributed by atoms with Crippen molar-refractivity contribution in [2.75, 3.05) is 6.61 Å². The quantitative estimate of drug-likeness (QED) is 0.905. The Kier molecular flexibility index (Phi) is 4.39. The highest BCUT2D eigenvalue weighted by Gasteiger charge is 2.56. The first-order valence-electron chi connectivity index (χ1n) is 9.28. The van der Waals surface area contributed by atoms with Gasteiger partial charge in [0.2, 0.25) is 5.91 Å². The maximum absolute atomic E-state index is 12.4. The monoisotopic (exact) mass is 313 g/mol. The number of hydrogen-bond donors (Lipinski definition) is 1. The van der Waals surface area contributed by atoms with E-state index in [9.17, 15) is 4.79 Å². The summed E-state index contributed by atoms with van der Waals surface area (Å²) in [5.74, 6) is 2.13. The number of nitrogens with one attached hydrogen (secondary N) is 1. The lowest BCUT2D eigenvalue weighted by molar-refractivity contribution is -0.129. The van der Waals surface area contributed by atoms with Crippen LogP contribution in [0.2, 0.25) is 0 Å². The standard InChI is InChI=1S/C20H27NO2/c22-17(11-10-14-6-2-1-3-7-14)21-19-16-12-13-23-20(16)18(19)15-8-4-5-9-15/h1-3,6-7,15-16,18-20H,4-5,8-13H2,(H,21,22)/t16-,18+,19+,20-/m0/s1. The summed E-state index contributed by atoms with van der Waals surface area (Å²) < 4.78 is 5.97. The molecule has 3 aliphatic rings. The summed E-state index contributed by atoms with van der Waals surface area (Å²) in [6.07, 6.45) is 8.34. The molecule has 0 radical (unpaired) electrons. The lowest BCUT2D eigenvalue weighted by atomic mass is 9.61. The first-order chi connectivity index (χ1) is 11.3. The molecule has 23 heavy (non-hydrogen) atoms. The van der Waals surface area contributed by atoms with E-state index in [4.69, 9.17) is 4.74 Å². The molecule has 1 aromatic carbocycles. The summed E-state index contributed by atoms with van der Waals surface area (Å²) in [6, 6.07) is 10.7. The number of rotatable bonds is 5. The Morgan fingerprint density at radius 2 is 1.91 bits per heavy atom. The molecule has 1 saturated heterocycles. The second-order valence-electron chi connectivity index (χ2n) is 7.49. The summed E-state index contributed by atoms with van der Waals surface area (Å²) in [4.78, 5) is 12.4. The van der Waals surface area contributed by atoms with Crippen LogP contribution < -0.4 is 5.32 Å². The summed E-state index contributed by atoms with van der Waals surface area (Å²) in [5, 5.41) is 3.37. The smallest absolute Gasteiger partial charge is 0.220 e. The van der Waals surface area contributed by atoms with Gasteiger partial charge in [0.25, 0.3) is 0 Å². The third-order valence-electron chi connectivity index (χ3n) is 6.19. The van der Waals surface area contributed by atoms with Gasteiger partial charge in [-0.3, -0.25) is 4.79 Å². The molecular formula is C20H27NO2. The first-order valence-corrected chi connectivity index (χ1v) is 9.28. The first kappa shape index (κ1) is 15.2. The molecule has 0 unspecified atom stereocenters. The molecule has 3 nitrogen and oxygen atoms in total. The third kappa shape index (κ3) is 3.03. The van der Waals surface area contributed by atoms with E-state index in [2.05, 4.69) is 17.4 Å². The van der Waals surface area contributed by atoms with Gasteiger partial charge in [-0.1, -0.05) is 56.0 Å². The van der Waals surface area contributed by atoms with Crippen molar-refractivity contribution in [3.8, 4) is 0 Å². The molecule has 124 valence electrons. The number of aryl methyl sites for hydroxylation is 1. The van der Waals surface area contributed by atoms with E-state index in [1.165, 1.54) is 31.2 Å². The lowest BCUT2D eigenvalue weighted by Gasteiger charge is -2.50. The SMILES string of the molecule is O=C(CCc1ccccc1)N[C@@H]1[C@@H]2CCO[C@@H]2[C@@H]1C1CCCC1. The van der Waals surface area contributed by atoms with Crippen LogP contribution in [0.25, 0.3) is 0 Å². The van der Waals surface area contributed by atoms with Crippen LogP contribution in [0.3, 0.4) is 0 Å². The minimum atomic E-state index is 0.215. The summed E-state index contributed by atoms with van der Waals surface area (Å²) in [5.41, 5.74) is 1.24. The topological polar surface area (TPSA) is 38.3 Å². The maximum Gasteiger partial charge on any atom is 0.220 e. The van der Waals surface area contributed by atoms with Crippen molar-refractivity contribution in [3.63, 3.8) is 0 Å². The highest BCUT2D eigenvalue weighted by molar-refractivity contribution is 5.76. The molecule has 1 amide bonds. The predicted molar refractivity (Wildman–Crippen MR) is 90.0 cm³/mol. The minimum Gasteiger partial charge on any atom is -0.377 e. The molecule has 1 N–H and O–H groups in total. The lowest BCUT2D eigenvalue weighted by Crippen LogP contribution is -2.63. The highest BCUT2D eigenvalue weighted by atomic mass is 16.5. The molecule has 1 heterocycles. The Morgan fingerprint density at radius 1 is 1.13 bits per heavy atom. The fourth-order valence-corrected chi connectivity index (χ4v) is 5.02. The van der Waals surface area contributed by atoms with Crippen LogP contribution in [0.5, 0.6) is 0 Å². The molecule has 1 aromatic rings. The second-order valence-corrected chi connectivity index (χ2v) is 7.49. The van der Waals surface area contributed by atoms with Gasteiger partial charge in [0, 0.05) is 30.9 Å². The molecule has 2 aliphatic carbocycles. The number of carbonyl (C=O) groups is 1. The van der Waals surface area contributed by atoms with Crippen molar-refractivity contribution in [1.29, 1.82) is 0 Å². The summed E-state index contributed by atoms with van der Waals surface area (Å²) in [7, 11) is 0. The molecule has 1 aliphatic heterocycles. The van der Waals surface area contributed by atoms with Crippen LogP contribution in [0.4, 0.5) is 0 Å². The van der Waals surface area contributed by atoms with Crippen molar-refractivity contribution < 1.29 is 9.53 Å². The van der Waals surface area contributed by atoms with E-state index in [0.29, 0.717) is 30.4 Å². The van der Waals surface area contributed by atoms with Gasteiger partial charge in [0.15, 0.2) is 0 Å². The Balaban J connectivity index is 1.34. The second kappa shape index (κ2) is 6.64. The molecular weight excluding hydrogens is 286 g/mol. The van der Waals surface area contributed by atoms with Crippen molar-refractivity contribution in [2.24, 2.45) is 17.8 Å². The van der Waals surface area contributed by atoms with Crippen molar-refractivity contribution in [2.45, 2.75) is 57.1 Å². The zero-order chi connectivity index (χ0) is 15.6. The molecule has 4 atom stereocenters. The molecule has 0 bridgehead atoms. The normalized spacial score (nSPS) is 33.2. The zero-order valence-corrected chi connectivity index (χ0v) is 13.7. The highest BCUT2D eigenvalue weighted by Crippen LogP contribution is 2.51. The van der Waals surface area contributed by atoms with Crippen LogP contribution in [-0.4, -0.2) is 24.7 Å². The molecule has 3 heteroatoms. The fourth-order valence-electron chi connectivity index (χ4n) is 5.02. The molecule has 0 spiro atoms. The van der Waals surface area contributed by atoms with Crippen molar-refractivity contribution >= 4 is 5.91 Å². The number of ether oxygens (including phenoxy) is 1. The number of amides is 1. The Bertz CT molecular complexity index is 533. The van der Waals surface area contributed by atoms with E-state index in [1.54, 1.807) is 0 Å². The van der Waals surface area contributed by atoms with Gasteiger partial charge in [-0.2, -0.15) is 0 Å². The Hall–Kier alpha value is -1.35. The van der Waals surface area contributed by atoms with Gasteiger partial charge in [0.1, 0.15) is 0 Å². The largest absolute Gasteiger partial charge is 0.377 e. The predicted octanol–water partition coefficient (Wildman–Crippen LogP) is 3.33. The van der Waals surface area contributed by atoms with Gasteiger partial charge in [-0.15, -0.1) is 0 Å². The van der Waals surface area contributed by atoms with Crippen LogP contribution in [0.1, 0.15) is 44.1 Å². The van der Waals surface area contributed by atoms with Crippen molar-refractivity contribution in [3.05, 3.63) is 35.9 Å². The third-order valence-corrected chi connectivity index (χ3v) is 6.19. The number of hydrogen-bond acceptors (Lipinski definition) is 2. The molecule has 2 saturated carbocycles. The van der Waals surface area contributed by atoms with Crippen LogP contribution in [-0.2, 0) is 16.0 Å². The van der Waals surface area contributed by atoms with Gasteiger partial charge >= 0.3 is 0 Å². The molecule has 3 fully saturated rings. The van der Waals surface area contributed by atoms with Gasteiger partial charge in [-0.25, -0.2) is 0 Å². The van der Waals surface area contributed by atoms with Gasteiger partial charge in [0.05, 0.1) is 6.10 Å². The van der Waals surface area contributed by atoms with Gasteiger partial charge < -0.3 is 10.1 Å². The number of benzene rings is 1. The van der Waals surface area contributed by atoms with Crippen molar-refractivity contribution in [1.82, 2.24) is 5.32 Å². The van der Waals surface area contributed by atoms with E-state index >= 15 is 0 Å². The van der Waals surface area contributed by atoms with E-state index in [0.717, 1.165) is 25.4 Å². The number of fused-ring (bicyclic) bond motifs is 1. The van der Waals surface area contributed by atoms with Crippen LogP contribution >= 0.6 is 0 Å². The Morgan fingerprint density at radius 3 is 2.70 bits per heavy atom. The fraction of sp³-hybridized carbons (Fsp3) is 0.650. The molecule has 4 rings (SSSR count). The van der Waals surface area contributed by atoms with E-state index in [1.807, 2.05) is 18.2 Å². The average Bonchev–Trinajstić information content (AvgIpc) is 3.23.